The number of hydrogen-bond donors (Lipinski definition) is 0. The van der Waals surface area contributed by atoms with Crippen molar-refractivity contribution >= 4 is 17.2 Å². The maximum atomic E-state index is 13.1. The molecule has 5 heteroatoms. The summed E-state index contributed by atoms with van der Waals surface area (Å²) in [5.41, 5.74) is 2.74. The van der Waals surface area contributed by atoms with Crippen molar-refractivity contribution in [2.45, 2.75) is 58.4 Å². The summed E-state index contributed by atoms with van der Waals surface area (Å²) in [6, 6.07) is 2.48. The zero-order valence-electron chi connectivity index (χ0n) is 14.4. The van der Waals surface area contributed by atoms with Gasteiger partial charge in [0.05, 0.1) is 16.8 Å². The summed E-state index contributed by atoms with van der Waals surface area (Å²) in [4.78, 5) is 16.3. The molecule has 2 aromatic rings. The maximum Gasteiger partial charge on any atom is 0.254 e. The second kappa shape index (κ2) is 6.36. The molecule has 4 rings (SSSR count). The van der Waals surface area contributed by atoms with Gasteiger partial charge in [-0.15, -0.1) is 11.3 Å². The van der Waals surface area contributed by atoms with E-state index in [1.54, 1.807) is 11.3 Å². The van der Waals surface area contributed by atoms with Crippen LogP contribution in [0.25, 0.3) is 10.4 Å². The van der Waals surface area contributed by atoms with Crippen LogP contribution >= 0.6 is 11.3 Å². The molecule has 1 aliphatic heterocycles. The molecule has 1 aliphatic carbocycles. The van der Waals surface area contributed by atoms with Crippen LogP contribution in [0.5, 0.6) is 0 Å². The number of carbonyl (C=O) groups is 1. The Kier molecular flexibility index (Phi) is 4.21. The van der Waals surface area contributed by atoms with Gasteiger partial charge in [0.1, 0.15) is 5.76 Å². The van der Waals surface area contributed by atoms with E-state index < -0.39 is 0 Å². The minimum Gasteiger partial charge on any atom is -0.361 e. The number of aryl methyl sites for hydroxylation is 2. The van der Waals surface area contributed by atoms with Gasteiger partial charge in [0.15, 0.2) is 0 Å². The van der Waals surface area contributed by atoms with Crippen molar-refractivity contribution < 1.29 is 9.32 Å². The predicted molar refractivity (Wildman–Crippen MR) is 95.3 cm³/mol. The molecule has 1 amide bonds. The van der Waals surface area contributed by atoms with E-state index in [0.29, 0.717) is 6.04 Å². The first-order chi connectivity index (χ1) is 11.6. The van der Waals surface area contributed by atoms with Gasteiger partial charge < -0.3 is 9.42 Å². The minimum atomic E-state index is 0.209. The highest BCUT2D eigenvalue weighted by atomic mass is 32.1. The van der Waals surface area contributed by atoms with Crippen LogP contribution in [0, 0.1) is 19.8 Å². The average molecular weight is 344 g/mol. The lowest BCUT2D eigenvalue weighted by molar-refractivity contribution is 0.0391. The standard InChI is InChI=1S/C19H24N2O2S/c1-12-18(13(2)23-20-12)17-10-15(11-24-17)19(22)21-9-5-7-14-6-3-4-8-16(14)21/h10-11,14,16H,3-9H2,1-2H3. The molecule has 4 nitrogen and oxygen atoms in total. The van der Waals surface area contributed by atoms with Crippen molar-refractivity contribution in [3.63, 3.8) is 0 Å². The molecule has 0 bridgehead atoms. The van der Waals surface area contributed by atoms with E-state index >= 15 is 0 Å². The van der Waals surface area contributed by atoms with Crippen LogP contribution in [-0.4, -0.2) is 28.6 Å². The van der Waals surface area contributed by atoms with Gasteiger partial charge in [0.25, 0.3) is 5.91 Å². The molecule has 2 atom stereocenters. The number of amides is 1. The quantitative estimate of drug-likeness (QED) is 0.785. The van der Waals surface area contributed by atoms with Gasteiger partial charge >= 0.3 is 0 Å². The Morgan fingerprint density at radius 3 is 2.83 bits per heavy atom. The van der Waals surface area contributed by atoms with E-state index in [9.17, 15) is 4.79 Å². The summed E-state index contributed by atoms with van der Waals surface area (Å²) in [5.74, 6) is 1.75. The van der Waals surface area contributed by atoms with E-state index in [1.165, 1.54) is 32.1 Å². The zero-order valence-corrected chi connectivity index (χ0v) is 15.2. The van der Waals surface area contributed by atoms with Crippen molar-refractivity contribution in [3.8, 4) is 10.4 Å². The molecule has 0 spiro atoms. The number of aromatic nitrogens is 1. The Hall–Kier alpha value is -1.62. The number of likely N-dealkylation sites (tertiary alicyclic amines) is 1. The molecule has 0 aromatic carbocycles. The van der Waals surface area contributed by atoms with E-state index in [2.05, 4.69) is 10.1 Å². The number of fused-ring (bicyclic) bond motifs is 1. The Labute approximate surface area is 146 Å². The number of rotatable bonds is 2. The molecule has 0 radical (unpaired) electrons. The van der Waals surface area contributed by atoms with Gasteiger partial charge in [0.2, 0.25) is 0 Å². The first-order valence-electron chi connectivity index (χ1n) is 8.98. The number of nitrogens with zero attached hydrogens (tertiary/aromatic N) is 2. The molecule has 2 aliphatic rings. The summed E-state index contributed by atoms with van der Waals surface area (Å²) < 4.78 is 5.27. The van der Waals surface area contributed by atoms with Gasteiger partial charge in [-0.05, 0) is 51.5 Å². The highest BCUT2D eigenvalue weighted by Gasteiger charge is 2.36. The van der Waals surface area contributed by atoms with Crippen molar-refractivity contribution in [3.05, 3.63) is 28.5 Å². The molecule has 3 heterocycles. The monoisotopic (exact) mass is 344 g/mol. The fourth-order valence-corrected chi connectivity index (χ4v) is 5.48. The summed E-state index contributed by atoms with van der Waals surface area (Å²) >= 11 is 1.61. The van der Waals surface area contributed by atoms with E-state index in [0.717, 1.165) is 46.3 Å². The van der Waals surface area contributed by atoms with Crippen LogP contribution in [-0.2, 0) is 0 Å². The number of thiophene rings is 1. The van der Waals surface area contributed by atoms with Gasteiger partial charge in [-0.2, -0.15) is 0 Å². The molecule has 2 aromatic heterocycles. The third-order valence-electron chi connectivity index (χ3n) is 5.63. The highest BCUT2D eigenvalue weighted by Crippen LogP contribution is 2.37. The van der Waals surface area contributed by atoms with Crippen LogP contribution in [0.1, 0.15) is 60.3 Å². The van der Waals surface area contributed by atoms with Crippen molar-refractivity contribution in [1.82, 2.24) is 10.1 Å². The third kappa shape index (κ3) is 2.69. The Morgan fingerprint density at radius 1 is 1.25 bits per heavy atom. The van der Waals surface area contributed by atoms with Gasteiger partial charge in [-0.1, -0.05) is 18.0 Å². The predicted octanol–water partition coefficient (Wildman–Crippen LogP) is 4.81. The molecule has 24 heavy (non-hydrogen) atoms. The maximum absolute atomic E-state index is 13.1. The molecule has 128 valence electrons. The Bertz CT molecular complexity index is 727. The summed E-state index contributed by atoms with van der Waals surface area (Å²) in [6.45, 7) is 4.79. The first kappa shape index (κ1) is 15.9. The van der Waals surface area contributed by atoms with Gasteiger partial charge in [0, 0.05) is 22.8 Å². The average Bonchev–Trinajstić information content (AvgIpc) is 3.20. The lowest BCUT2D eigenvalue weighted by atomic mass is 9.78. The van der Waals surface area contributed by atoms with E-state index in [-0.39, 0.29) is 5.91 Å². The van der Waals surface area contributed by atoms with Crippen LogP contribution in [0.4, 0.5) is 0 Å². The largest absolute Gasteiger partial charge is 0.361 e. The lowest BCUT2D eigenvalue weighted by Crippen LogP contribution is -2.49. The summed E-state index contributed by atoms with van der Waals surface area (Å²) in [6.07, 6.45) is 7.51. The van der Waals surface area contributed by atoms with Gasteiger partial charge in [-0.3, -0.25) is 4.79 Å². The van der Waals surface area contributed by atoms with Crippen LogP contribution < -0.4 is 0 Å². The molecule has 2 fully saturated rings. The van der Waals surface area contributed by atoms with Crippen LogP contribution in [0.15, 0.2) is 16.0 Å². The molecule has 2 unspecified atom stereocenters. The molecular weight excluding hydrogens is 320 g/mol. The third-order valence-corrected chi connectivity index (χ3v) is 6.58. The smallest absolute Gasteiger partial charge is 0.254 e. The number of hydrogen-bond acceptors (Lipinski definition) is 4. The van der Waals surface area contributed by atoms with Crippen LogP contribution in [0.2, 0.25) is 0 Å². The molecule has 1 saturated heterocycles. The number of carbonyl (C=O) groups excluding carboxylic acids is 1. The van der Waals surface area contributed by atoms with Crippen molar-refractivity contribution in [2.75, 3.05) is 6.54 Å². The second-order valence-corrected chi connectivity index (χ2v) is 8.06. The zero-order chi connectivity index (χ0) is 16.7. The van der Waals surface area contributed by atoms with E-state index in [4.69, 9.17) is 4.52 Å². The van der Waals surface area contributed by atoms with Crippen molar-refractivity contribution in [1.29, 1.82) is 0 Å². The minimum absolute atomic E-state index is 0.209. The van der Waals surface area contributed by atoms with Gasteiger partial charge in [-0.25, -0.2) is 0 Å². The molecule has 1 saturated carbocycles. The lowest BCUT2D eigenvalue weighted by Gasteiger charge is -2.44. The Morgan fingerprint density at radius 2 is 2.04 bits per heavy atom. The number of piperidine rings is 1. The fourth-order valence-electron chi connectivity index (χ4n) is 4.46. The SMILES string of the molecule is Cc1noc(C)c1-c1cc(C(=O)N2CCCC3CCCCC32)cs1. The molecular formula is C19H24N2O2S. The topological polar surface area (TPSA) is 46.3 Å². The summed E-state index contributed by atoms with van der Waals surface area (Å²) in [5, 5.41) is 6.02. The van der Waals surface area contributed by atoms with Crippen molar-refractivity contribution in [2.24, 2.45) is 5.92 Å². The Balaban J connectivity index is 1.59. The highest BCUT2D eigenvalue weighted by molar-refractivity contribution is 7.13. The fraction of sp³-hybridized carbons (Fsp3) is 0.579. The summed E-state index contributed by atoms with van der Waals surface area (Å²) in [7, 11) is 0. The second-order valence-electron chi connectivity index (χ2n) is 7.15. The normalized spacial score (nSPS) is 24.0. The first-order valence-corrected chi connectivity index (χ1v) is 9.86. The molecule has 0 N–H and O–H groups in total. The van der Waals surface area contributed by atoms with E-state index in [1.807, 2.05) is 25.3 Å². The van der Waals surface area contributed by atoms with Crippen LogP contribution in [0.3, 0.4) is 0 Å².